The molecule has 1 amide bonds. The molecule has 0 unspecified atom stereocenters. The van der Waals surface area contributed by atoms with Crippen LogP contribution in [0, 0.1) is 16.0 Å². The number of benzene rings is 4. The van der Waals surface area contributed by atoms with Gasteiger partial charge in [-0.15, -0.1) is 0 Å². The number of hydrogen-bond acceptors (Lipinski definition) is 12. The number of imidazole rings is 1. The Balaban J connectivity index is 1.17. The van der Waals surface area contributed by atoms with Gasteiger partial charge in [0.15, 0.2) is 11.2 Å². The molecule has 3 atom stereocenters. The molecule has 1 fully saturated rings. The fourth-order valence-electron chi connectivity index (χ4n) is 6.88. The summed E-state index contributed by atoms with van der Waals surface area (Å²) in [7, 11) is 3.23. The first-order valence-electron chi connectivity index (χ1n) is 18.8. The van der Waals surface area contributed by atoms with E-state index in [9.17, 15) is 20.0 Å². The summed E-state index contributed by atoms with van der Waals surface area (Å²) in [5, 5.41) is 25.3. The molecule has 0 bridgehead atoms. The molecule has 0 aliphatic carbocycles. The van der Waals surface area contributed by atoms with Gasteiger partial charge in [-0.1, -0.05) is 80.6 Å². The van der Waals surface area contributed by atoms with Gasteiger partial charge in [0.1, 0.15) is 29.4 Å². The van der Waals surface area contributed by atoms with Crippen LogP contribution in [0.4, 0.5) is 11.6 Å². The Morgan fingerprint density at radius 3 is 2.14 bits per heavy atom. The molecule has 15 nitrogen and oxygen atoms in total. The number of nitro benzene ring substituents is 1. The number of hydrogen-bond donors (Lipinski definition) is 2. The van der Waals surface area contributed by atoms with Gasteiger partial charge in [-0.25, -0.2) is 4.98 Å². The number of nitrogens with zero attached hydrogens (tertiary/aromatic N) is 5. The molecule has 6 aromatic rings. The summed E-state index contributed by atoms with van der Waals surface area (Å²) in [5.41, 5.74) is 2.89. The Hall–Kier alpha value is -6.42. The molecule has 3 heterocycles. The van der Waals surface area contributed by atoms with Crippen LogP contribution in [0.3, 0.4) is 0 Å². The van der Waals surface area contributed by atoms with Crippen LogP contribution in [0.15, 0.2) is 109 Å². The smallest absolute Gasteiger partial charge is 0.269 e. The number of fused-ring (bicyclic) bond motifs is 1. The van der Waals surface area contributed by atoms with E-state index in [-0.39, 0.29) is 49.0 Å². The second-order valence-electron chi connectivity index (χ2n) is 14.1. The zero-order valence-electron chi connectivity index (χ0n) is 32.5. The number of aliphatic hydroxyl groups is 1. The van der Waals surface area contributed by atoms with Crippen LogP contribution in [0.25, 0.3) is 11.2 Å². The summed E-state index contributed by atoms with van der Waals surface area (Å²) < 4.78 is 32.3. The number of rotatable bonds is 16. The van der Waals surface area contributed by atoms with E-state index in [0.29, 0.717) is 29.1 Å². The number of nitrogens with one attached hydrogen (secondary N) is 1. The van der Waals surface area contributed by atoms with Gasteiger partial charge in [0, 0.05) is 30.9 Å². The third-order valence-electron chi connectivity index (χ3n) is 10.1. The number of methoxy groups -OCH3 is 2. The highest BCUT2D eigenvalue weighted by Crippen LogP contribution is 2.43. The second-order valence-corrected chi connectivity index (χ2v) is 14.1. The van der Waals surface area contributed by atoms with E-state index in [2.05, 4.69) is 20.3 Å². The lowest BCUT2D eigenvalue weighted by molar-refractivity contribution is -0.384. The molecule has 0 radical (unpaired) electrons. The lowest BCUT2D eigenvalue weighted by atomic mass is 9.80. The van der Waals surface area contributed by atoms with Crippen molar-refractivity contribution in [2.75, 3.05) is 32.8 Å². The zero-order valence-corrected chi connectivity index (χ0v) is 32.5. The number of carbonyl (C=O) groups is 1. The van der Waals surface area contributed by atoms with Gasteiger partial charge in [-0.05, 0) is 46.5 Å². The van der Waals surface area contributed by atoms with Crippen molar-refractivity contribution in [2.24, 2.45) is 5.92 Å². The van der Waals surface area contributed by atoms with Crippen LogP contribution in [-0.4, -0.2) is 75.1 Å². The summed E-state index contributed by atoms with van der Waals surface area (Å²) in [4.78, 5) is 37.0. The Morgan fingerprint density at radius 1 is 0.931 bits per heavy atom. The van der Waals surface area contributed by atoms with Crippen LogP contribution in [0.1, 0.15) is 48.8 Å². The van der Waals surface area contributed by atoms with Crippen LogP contribution < -0.4 is 19.5 Å². The standard InChI is InChI=1S/C43H44N6O9/c1-27(2)40(51)46-42-45-39-38(41(47-42)56-23-22-28-10-16-32(17-11-28)49(52)53)44-26-48(39)37-24-35(50)36(58-37)25-57-43(29-8-6-5-7-9-29,30-12-18-33(54-3)19-13-30)31-14-20-34(55-4)21-15-31/h5-21,26-27,35-37,50H,22-25H2,1-4H3,(H,45,46,47,51)/t35-,36+,37+/m0/s1. The second kappa shape index (κ2) is 17.4. The van der Waals surface area contributed by atoms with E-state index in [4.69, 9.17) is 23.7 Å². The number of aromatic nitrogens is 4. The van der Waals surface area contributed by atoms with Gasteiger partial charge in [-0.3, -0.25) is 24.8 Å². The van der Waals surface area contributed by atoms with Crippen molar-refractivity contribution < 1.29 is 38.5 Å². The Labute approximate surface area is 334 Å². The molecule has 7 rings (SSSR count). The Bertz CT molecular complexity index is 2290. The summed E-state index contributed by atoms with van der Waals surface area (Å²) in [6.07, 6.45) is -0.242. The number of nitro groups is 1. The van der Waals surface area contributed by atoms with Crippen LogP contribution in [0.5, 0.6) is 17.4 Å². The van der Waals surface area contributed by atoms with Crippen LogP contribution in [0.2, 0.25) is 0 Å². The fourth-order valence-corrected chi connectivity index (χ4v) is 6.88. The molecule has 0 spiro atoms. The maximum absolute atomic E-state index is 12.7. The molecular weight excluding hydrogens is 745 g/mol. The van der Waals surface area contributed by atoms with E-state index >= 15 is 0 Å². The first-order chi connectivity index (χ1) is 28.1. The highest BCUT2D eigenvalue weighted by Gasteiger charge is 2.42. The molecule has 58 heavy (non-hydrogen) atoms. The van der Waals surface area contributed by atoms with Gasteiger partial charge in [-0.2, -0.15) is 9.97 Å². The monoisotopic (exact) mass is 788 g/mol. The maximum Gasteiger partial charge on any atom is 0.269 e. The largest absolute Gasteiger partial charge is 0.497 e. The van der Waals surface area contributed by atoms with Crippen molar-refractivity contribution in [1.82, 2.24) is 19.5 Å². The van der Waals surface area contributed by atoms with E-state index < -0.39 is 29.0 Å². The number of ether oxygens (including phenoxy) is 5. The van der Waals surface area contributed by atoms with Gasteiger partial charge in [0.05, 0.1) is 44.8 Å². The van der Waals surface area contributed by atoms with Gasteiger partial charge in [0.2, 0.25) is 17.7 Å². The normalized spacial score (nSPS) is 16.7. The van der Waals surface area contributed by atoms with Crippen LogP contribution in [-0.2, 0) is 26.3 Å². The number of non-ortho nitro benzene ring substituents is 1. The summed E-state index contributed by atoms with van der Waals surface area (Å²) in [6, 6.07) is 31.4. The lowest BCUT2D eigenvalue weighted by Gasteiger charge is -2.37. The van der Waals surface area contributed by atoms with E-state index in [0.717, 1.165) is 22.3 Å². The predicted molar refractivity (Wildman–Crippen MR) is 214 cm³/mol. The van der Waals surface area contributed by atoms with E-state index in [1.54, 1.807) is 51.1 Å². The maximum atomic E-state index is 12.7. The van der Waals surface area contributed by atoms with Crippen molar-refractivity contribution in [3.8, 4) is 17.4 Å². The lowest BCUT2D eigenvalue weighted by Crippen LogP contribution is -2.38. The zero-order chi connectivity index (χ0) is 40.8. The molecule has 0 saturated carbocycles. The predicted octanol–water partition coefficient (Wildman–Crippen LogP) is 6.62. The minimum Gasteiger partial charge on any atom is -0.497 e. The molecular formula is C43H44N6O9. The van der Waals surface area contributed by atoms with Gasteiger partial charge >= 0.3 is 0 Å². The van der Waals surface area contributed by atoms with Crippen molar-refractivity contribution in [1.29, 1.82) is 0 Å². The minimum atomic E-state index is -1.12. The highest BCUT2D eigenvalue weighted by atomic mass is 16.6. The fraction of sp³-hybridized carbons (Fsp3) is 0.302. The third-order valence-corrected chi connectivity index (χ3v) is 10.1. The molecule has 15 heteroatoms. The molecule has 1 saturated heterocycles. The van der Waals surface area contributed by atoms with Gasteiger partial charge in [0.25, 0.3) is 5.69 Å². The topological polar surface area (TPSA) is 182 Å². The van der Waals surface area contributed by atoms with Gasteiger partial charge < -0.3 is 28.8 Å². The number of carbonyl (C=O) groups excluding carboxylic acids is 1. The summed E-state index contributed by atoms with van der Waals surface area (Å²) >= 11 is 0. The first kappa shape index (κ1) is 39.8. The van der Waals surface area contributed by atoms with Crippen molar-refractivity contribution in [3.05, 3.63) is 142 Å². The highest BCUT2D eigenvalue weighted by molar-refractivity contribution is 5.91. The molecule has 4 aromatic carbocycles. The molecule has 1 aliphatic rings. The average Bonchev–Trinajstić information content (AvgIpc) is 3.84. The van der Waals surface area contributed by atoms with Crippen LogP contribution >= 0.6 is 0 Å². The molecule has 1 aliphatic heterocycles. The summed E-state index contributed by atoms with van der Waals surface area (Å²) in [5.74, 6) is 0.905. The van der Waals surface area contributed by atoms with Crippen molar-refractivity contribution in [3.63, 3.8) is 0 Å². The van der Waals surface area contributed by atoms with Crippen molar-refractivity contribution in [2.45, 2.75) is 50.7 Å². The first-order valence-corrected chi connectivity index (χ1v) is 18.8. The quantitative estimate of drug-likeness (QED) is 0.0608. The number of amides is 1. The number of aliphatic hydroxyl groups excluding tert-OH is 1. The SMILES string of the molecule is COc1ccc(C(OC[C@H]2O[C@@H](n3cnc4c(OCCc5ccc([N+](=O)[O-])cc5)nc(NC(=O)C(C)C)nc43)C[C@@H]2O)(c2ccccc2)c2ccc(OC)cc2)cc1. The van der Waals surface area contributed by atoms with E-state index in [1.165, 1.54) is 12.1 Å². The average molecular weight is 789 g/mol. The Kier molecular flexibility index (Phi) is 11.9. The number of anilines is 1. The molecule has 300 valence electrons. The van der Waals surface area contributed by atoms with Crippen molar-refractivity contribution >= 4 is 28.7 Å². The molecule has 2 aromatic heterocycles. The molecule has 2 N–H and O–H groups in total. The minimum absolute atomic E-state index is 0.00106. The third kappa shape index (κ3) is 8.32. The Morgan fingerprint density at radius 2 is 1.55 bits per heavy atom. The van der Waals surface area contributed by atoms with E-state index in [1.807, 2.05) is 78.9 Å². The summed E-state index contributed by atoms with van der Waals surface area (Å²) in [6.45, 7) is 3.67.